The van der Waals surface area contributed by atoms with Crippen LogP contribution in [0.25, 0.3) is 0 Å². The lowest BCUT2D eigenvalue weighted by atomic mass is 10.0. The molecule has 29 heavy (non-hydrogen) atoms. The summed E-state index contributed by atoms with van der Waals surface area (Å²) in [5.74, 6) is 0.137. The minimum Gasteiger partial charge on any atom is -0.348 e. The van der Waals surface area contributed by atoms with Gasteiger partial charge in [-0.3, -0.25) is 4.79 Å². The zero-order chi connectivity index (χ0) is 20.8. The maximum atomic E-state index is 13.2. The van der Waals surface area contributed by atoms with E-state index >= 15 is 0 Å². The number of halogens is 1. The number of rotatable bonds is 3. The molecule has 0 saturated carbocycles. The molecule has 1 saturated heterocycles. The molecule has 0 unspecified atom stereocenters. The maximum Gasteiger partial charge on any atom is 0.254 e. The number of piperidine rings is 1. The van der Waals surface area contributed by atoms with Crippen molar-refractivity contribution in [2.24, 2.45) is 5.92 Å². The van der Waals surface area contributed by atoms with E-state index in [0.717, 1.165) is 25.1 Å². The quantitative estimate of drug-likeness (QED) is 0.737. The summed E-state index contributed by atoms with van der Waals surface area (Å²) in [5.41, 5.74) is 1.43. The highest BCUT2D eigenvalue weighted by Gasteiger charge is 2.33. The van der Waals surface area contributed by atoms with Crippen molar-refractivity contribution in [2.75, 3.05) is 19.6 Å². The van der Waals surface area contributed by atoms with Gasteiger partial charge in [0, 0.05) is 43.6 Å². The van der Waals surface area contributed by atoms with Crippen molar-refractivity contribution in [2.45, 2.75) is 44.2 Å². The summed E-state index contributed by atoms with van der Waals surface area (Å²) in [6.07, 6.45) is 3.87. The highest BCUT2D eigenvalue weighted by Crippen LogP contribution is 2.31. The van der Waals surface area contributed by atoms with Gasteiger partial charge in [-0.1, -0.05) is 18.5 Å². The second-order valence-electron chi connectivity index (χ2n) is 8.06. The summed E-state index contributed by atoms with van der Waals surface area (Å²) < 4.78 is 30.1. The lowest BCUT2D eigenvalue weighted by molar-refractivity contribution is 0.0644. The standard InChI is InChI=1S/C21H26ClN3O3S/c1-15-5-3-10-24(14-15)29(27,28)20-13-17(7-8-18(20)22)21(26)25-12-11-23-9-4-6-19(23)16(25)2/h4,6-9,13,15-16H,3,5,10-12,14H2,1-2H3/t15-,16+/m0/s1. The molecule has 2 aromatic rings. The molecule has 1 aromatic heterocycles. The van der Waals surface area contributed by atoms with E-state index in [4.69, 9.17) is 11.6 Å². The van der Waals surface area contributed by atoms with Crippen molar-refractivity contribution in [3.05, 3.63) is 52.8 Å². The molecule has 0 spiro atoms. The molecule has 6 nitrogen and oxygen atoms in total. The monoisotopic (exact) mass is 435 g/mol. The van der Waals surface area contributed by atoms with Crippen molar-refractivity contribution in [1.82, 2.24) is 13.8 Å². The summed E-state index contributed by atoms with van der Waals surface area (Å²) >= 11 is 6.27. The lowest BCUT2D eigenvalue weighted by Gasteiger charge is -2.35. The molecular weight excluding hydrogens is 410 g/mol. The third-order valence-corrected chi connectivity index (χ3v) is 8.37. The Morgan fingerprint density at radius 3 is 2.69 bits per heavy atom. The Morgan fingerprint density at radius 1 is 1.14 bits per heavy atom. The SMILES string of the molecule is C[C@H]1CCCN(S(=O)(=O)c2cc(C(=O)N3CCn4cccc4[C@H]3C)ccc2Cl)C1. The van der Waals surface area contributed by atoms with Crippen LogP contribution in [0.4, 0.5) is 0 Å². The molecule has 0 radical (unpaired) electrons. The van der Waals surface area contributed by atoms with Crippen LogP contribution in [0.3, 0.4) is 0 Å². The van der Waals surface area contributed by atoms with Gasteiger partial charge in [-0.15, -0.1) is 0 Å². The van der Waals surface area contributed by atoms with Crippen molar-refractivity contribution in [3.63, 3.8) is 0 Å². The van der Waals surface area contributed by atoms with Gasteiger partial charge in [-0.25, -0.2) is 8.42 Å². The van der Waals surface area contributed by atoms with Crippen molar-refractivity contribution in [1.29, 1.82) is 0 Å². The van der Waals surface area contributed by atoms with Crippen LogP contribution in [0.2, 0.25) is 5.02 Å². The Kier molecular flexibility index (Phi) is 5.48. The summed E-state index contributed by atoms with van der Waals surface area (Å²) in [4.78, 5) is 15.0. The fourth-order valence-electron chi connectivity index (χ4n) is 4.36. The fraction of sp³-hybridized carbons (Fsp3) is 0.476. The van der Waals surface area contributed by atoms with Gasteiger partial charge in [0.2, 0.25) is 10.0 Å². The largest absolute Gasteiger partial charge is 0.348 e. The number of carbonyl (C=O) groups is 1. The number of benzene rings is 1. The van der Waals surface area contributed by atoms with Gasteiger partial charge in [0.05, 0.1) is 11.1 Å². The molecule has 8 heteroatoms. The minimum absolute atomic E-state index is 0.0205. The zero-order valence-electron chi connectivity index (χ0n) is 16.7. The first kappa shape index (κ1) is 20.4. The van der Waals surface area contributed by atoms with E-state index in [-0.39, 0.29) is 21.9 Å². The number of aromatic nitrogens is 1. The summed E-state index contributed by atoms with van der Waals surface area (Å²) in [6.45, 7) is 6.32. The van der Waals surface area contributed by atoms with Gasteiger partial charge in [0.15, 0.2) is 0 Å². The third kappa shape index (κ3) is 3.71. The van der Waals surface area contributed by atoms with Crippen LogP contribution in [0.15, 0.2) is 41.4 Å². The summed E-state index contributed by atoms with van der Waals surface area (Å²) in [5, 5.41) is 0.153. The van der Waals surface area contributed by atoms with Crippen molar-refractivity contribution in [3.8, 4) is 0 Å². The second kappa shape index (κ2) is 7.78. The Balaban J connectivity index is 1.64. The Bertz CT molecular complexity index is 1030. The highest BCUT2D eigenvalue weighted by atomic mass is 35.5. The molecule has 0 aliphatic carbocycles. The van der Waals surface area contributed by atoms with Crippen molar-refractivity contribution < 1.29 is 13.2 Å². The van der Waals surface area contributed by atoms with Crippen LogP contribution in [0, 0.1) is 5.92 Å². The lowest BCUT2D eigenvalue weighted by Crippen LogP contribution is -2.41. The first-order valence-corrected chi connectivity index (χ1v) is 11.9. The molecule has 1 fully saturated rings. The highest BCUT2D eigenvalue weighted by molar-refractivity contribution is 7.89. The number of nitrogens with zero attached hydrogens (tertiary/aromatic N) is 3. The van der Waals surface area contributed by atoms with Crippen LogP contribution in [0.5, 0.6) is 0 Å². The summed E-state index contributed by atoms with van der Waals surface area (Å²) in [7, 11) is -3.74. The Hall–Kier alpha value is -1.83. The second-order valence-corrected chi connectivity index (χ2v) is 10.4. The Morgan fingerprint density at radius 2 is 1.93 bits per heavy atom. The molecule has 2 aliphatic heterocycles. The third-order valence-electron chi connectivity index (χ3n) is 6.02. The first-order chi connectivity index (χ1) is 13.8. The molecule has 0 N–H and O–H groups in total. The number of hydrogen-bond donors (Lipinski definition) is 0. The molecule has 1 amide bonds. The Labute approximate surface area is 177 Å². The van der Waals surface area contributed by atoms with Gasteiger partial charge in [0.1, 0.15) is 4.90 Å². The number of carbonyl (C=O) groups excluding carboxylic acids is 1. The van der Waals surface area contributed by atoms with Crippen LogP contribution in [-0.2, 0) is 16.6 Å². The van der Waals surface area contributed by atoms with E-state index in [0.29, 0.717) is 31.1 Å². The van der Waals surface area contributed by atoms with E-state index in [1.165, 1.54) is 16.4 Å². The van der Waals surface area contributed by atoms with Crippen LogP contribution in [0.1, 0.15) is 48.8 Å². The topological polar surface area (TPSA) is 62.6 Å². The molecule has 2 atom stereocenters. The molecule has 3 heterocycles. The van der Waals surface area contributed by atoms with Crippen LogP contribution >= 0.6 is 11.6 Å². The van der Waals surface area contributed by atoms with E-state index in [2.05, 4.69) is 11.5 Å². The van der Waals surface area contributed by atoms with E-state index in [9.17, 15) is 13.2 Å². The molecule has 1 aromatic carbocycles. The molecule has 2 aliphatic rings. The molecule has 4 rings (SSSR count). The fourth-order valence-corrected chi connectivity index (χ4v) is 6.46. The maximum absolute atomic E-state index is 13.2. The van der Waals surface area contributed by atoms with Crippen LogP contribution < -0.4 is 0 Å². The predicted molar refractivity (Wildman–Crippen MR) is 112 cm³/mol. The van der Waals surface area contributed by atoms with Crippen LogP contribution in [-0.4, -0.2) is 47.7 Å². The average molecular weight is 436 g/mol. The number of hydrogen-bond acceptors (Lipinski definition) is 3. The first-order valence-electron chi connectivity index (χ1n) is 10.0. The molecule has 0 bridgehead atoms. The van der Waals surface area contributed by atoms with Gasteiger partial charge >= 0.3 is 0 Å². The average Bonchev–Trinajstić information content (AvgIpc) is 3.18. The number of sulfonamides is 1. The van der Waals surface area contributed by atoms with Gasteiger partial charge < -0.3 is 9.47 Å². The minimum atomic E-state index is -3.74. The van der Waals surface area contributed by atoms with Gasteiger partial charge in [-0.2, -0.15) is 4.31 Å². The van der Waals surface area contributed by atoms with Gasteiger partial charge in [0.25, 0.3) is 5.91 Å². The smallest absolute Gasteiger partial charge is 0.254 e. The van der Waals surface area contributed by atoms with E-state index < -0.39 is 10.0 Å². The predicted octanol–water partition coefficient (Wildman–Crippen LogP) is 3.78. The zero-order valence-corrected chi connectivity index (χ0v) is 18.3. The summed E-state index contributed by atoms with van der Waals surface area (Å²) in [6, 6.07) is 8.49. The number of amides is 1. The number of fused-ring (bicyclic) bond motifs is 1. The molecular formula is C21H26ClN3O3S. The van der Waals surface area contributed by atoms with Gasteiger partial charge in [-0.05, 0) is 56.0 Å². The van der Waals surface area contributed by atoms with Crippen molar-refractivity contribution >= 4 is 27.5 Å². The van der Waals surface area contributed by atoms with E-state index in [1.807, 2.05) is 25.3 Å². The van der Waals surface area contributed by atoms with E-state index in [1.54, 1.807) is 11.0 Å². The molecule has 156 valence electrons. The normalized spacial score (nSPS) is 23.1.